The molecule has 4 nitrogen and oxygen atoms in total. The fraction of sp³-hybridized carbons (Fsp3) is 0.854. The molecule has 0 saturated heterocycles. The lowest BCUT2D eigenvalue weighted by Gasteiger charge is -2.04. The normalized spacial score (nSPS) is 11.6. The van der Waals surface area contributed by atoms with Gasteiger partial charge in [-0.25, -0.2) is 0 Å². The van der Waals surface area contributed by atoms with Gasteiger partial charge >= 0.3 is 0 Å². The maximum absolute atomic E-state index is 11.9. The van der Waals surface area contributed by atoms with Crippen molar-refractivity contribution in [3.8, 4) is 0 Å². The number of hydrogen-bond acceptors (Lipinski definition) is 2. The summed E-state index contributed by atoms with van der Waals surface area (Å²) in [6, 6.07) is 0. The van der Waals surface area contributed by atoms with Crippen LogP contribution in [0.5, 0.6) is 0 Å². The van der Waals surface area contributed by atoms with E-state index >= 15 is 0 Å². The molecule has 0 aliphatic carbocycles. The van der Waals surface area contributed by atoms with Crippen molar-refractivity contribution in [2.75, 3.05) is 6.67 Å². The van der Waals surface area contributed by atoms with Gasteiger partial charge in [-0.1, -0.05) is 206 Å². The molecule has 0 aromatic carbocycles. The zero-order valence-corrected chi connectivity index (χ0v) is 30.5. The van der Waals surface area contributed by atoms with Gasteiger partial charge < -0.3 is 10.6 Å². The number of unbranched alkanes of at least 4 members (excludes halogenated alkanes) is 30. The second-order valence-electron chi connectivity index (χ2n) is 13.5. The zero-order valence-electron chi connectivity index (χ0n) is 30.5. The number of carbonyl (C=O) groups excluding carboxylic acids is 2. The largest absolute Gasteiger partial charge is 0.335 e. The lowest BCUT2D eigenvalue weighted by molar-refractivity contribution is -0.118. The van der Waals surface area contributed by atoms with Crippen LogP contribution in [0.25, 0.3) is 0 Å². The van der Waals surface area contributed by atoms with Crippen LogP contribution < -0.4 is 10.6 Å². The van der Waals surface area contributed by atoms with Crippen LogP contribution in [0.15, 0.2) is 24.3 Å². The van der Waals surface area contributed by atoms with E-state index < -0.39 is 0 Å². The van der Waals surface area contributed by atoms with Crippen LogP contribution >= 0.6 is 0 Å². The lowest BCUT2D eigenvalue weighted by atomic mass is 10.0. The summed E-state index contributed by atoms with van der Waals surface area (Å²) in [6.07, 6.45) is 50.0. The van der Waals surface area contributed by atoms with E-state index in [0.29, 0.717) is 0 Å². The van der Waals surface area contributed by atoms with Crippen molar-refractivity contribution in [3.63, 3.8) is 0 Å². The number of allylic oxidation sites excluding steroid dienone is 2. The summed E-state index contributed by atoms with van der Waals surface area (Å²) in [5.74, 6) is -0.281. The van der Waals surface area contributed by atoms with Gasteiger partial charge in [-0.05, 0) is 37.8 Å². The number of carbonyl (C=O) groups is 2. The molecule has 0 saturated carbocycles. The van der Waals surface area contributed by atoms with Crippen molar-refractivity contribution >= 4 is 11.8 Å². The van der Waals surface area contributed by atoms with E-state index in [9.17, 15) is 9.59 Å². The third-order valence-electron chi connectivity index (χ3n) is 9.01. The van der Waals surface area contributed by atoms with Gasteiger partial charge in [-0.2, -0.15) is 0 Å². The highest BCUT2D eigenvalue weighted by molar-refractivity contribution is 5.89. The predicted octanol–water partition coefficient (Wildman–Crippen LogP) is 12.8. The molecule has 4 heteroatoms. The van der Waals surface area contributed by atoms with Gasteiger partial charge in [-0.3, -0.25) is 9.59 Å². The van der Waals surface area contributed by atoms with Gasteiger partial charge in [0.25, 0.3) is 0 Å². The van der Waals surface area contributed by atoms with Gasteiger partial charge in [-0.15, -0.1) is 0 Å². The summed E-state index contributed by atoms with van der Waals surface area (Å²) in [4.78, 5) is 23.9. The Morgan fingerprint density at radius 1 is 0.356 bits per heavy atom. The Balaban J connectivity index is 3.38. The second-order valence-corrected chi connectivity index (χ2v) is 13.5. The minimum Gasteiger partial charge on any atom is -0.335 e. The van der Waals surface area contributed by atoms with Crippen molar-refractivity contribution in [3.05, 3.63) is 24.3 Å². The van der Waals surface area contributed by atoms with Crippen LogP contribution in [-0.4, -0.2) is 18.5 Å². The van der Waals surface area contributed by atoms with E-state index in [-0.39, 0.29) is 18.5 Å². The number of nitrogens with one attached hydrogen (secondary N) is 2. The molecule has 0 aliphatic rings. The fourth-order valence-corrected chi connectivity index (χ4v) is 5.98. The van der Waals surface area contributed by atoms with Crippen molar-refractivity contribution in [2.45, 2.75) is 219 Å². The molecule has 2 amide bonds. The first-order valence-electron chi connectivity index (χ1n) is 20.1. The Morgan fingerprint density at radius 3 is 0.822 bits per heavy atom. The van der Waals surface area contributed by atoms with Crippen LogP contribution in [0.4, 0.5) is 0 Å². The molecule has 264 valence electrons. The minimum atomic E-state index is -0.141. The Kier molecular flexibility index (Phi) is 37.2. The first-order valence-corrected chi connectivity index (χ1v) is 20.1. The van der Waals surface area contributed by atoms with Gasteiger partial charge in [0.2, 0.25) is 11.8 Å². The second kappa shape index (κ2) is 38.6. The predicted molar refractivity (Wildman–Crippen MR) is 199 cm³/mol. The maximum Gasteiger partial charge on any atom is 0.245 e. The SMILES string of the molecule is CCCCCCCCCCCCCCCCCC=CC(=O)NCNC(=O)C=CCCCCCCCCCCCCCCCCC. The monoisotopic (exact) mass is 631 g/mol. The van der Waals surface area contributed by atoms with Crippen molar-refractivity contribution in [1.82, 2.24) is 10.6 Å². The third-order valence-corrected chi connectivity index (χ3v) is 9.01. The van der Waals surface area contributed by atoms with E-state index in [1.807, 2.05) is 12.2 Å². The highest BCUT2D eigenvalue weighted by atomic mass is 16.2. The molecule has 0 atom stereocenters. The Labute approximate surface area is 281 Å². The quantitative estimate of drug-likeness (QED) is 0.0411. The van der Waals surface area contributed by atoms with E-state index in [4.69, 9.17) is 0 Å². The minimum absolute atomic E-state index is 0.141. The Morgan fingerprint density at radius 2 is 0.578 bits per heavy atom. The summed E-state index contributed by atoms with van der Waals surface area (Å²) in [7, 11) is 0. The number of rotatable bonds is 36. The summed E-state index contributed by atoms with van der Waals surface area (Å²) in [6.45, 7) is 4.73. The van der Waals surface area contributed by atoms with Gasteiger partial charge in [0.15, 0.2) is 0 Å². The molecular weight excluding hydrogens is 552 g/mol. The average Bonchev–Trinajstić information content (AvgIpc) is 3.04. The first kappa shape index (κ1) is 43.4. The molecule has 0 radical (unpaired) electrons. The van der Waals surface area contributed by atoms with E-state index in [2.05, 4.69) is 24.5 Å². The average molecular weight is 631 g/mol. The topological polar surface area (TPSA) is 58.2 Å². The summed E-state index contributed by atoms with van der Waals surface area (Å²) < 4.78 is 0. The summed E-state index contributed by atoms with van der Waals surface area (Å²) >= 11 is 0. The molecule has 2 N–H and O–H groups in total. The van der Waals surface area contributed by atoms with Crippen molar-refractivity contribution < 1.29 is 9.59 Å². The molecule has 0 heterocycles. The molecule has 45 heavy (non-hydrogen) atoms. The molecular formula is C41H78N2O2. The van der Waals surface area contributed by atoms with Gasteiger partial charge in [0, 0.05) is 0 Å². The van der Waals surface area contributed by atoms with Crippen molar-refractivity contribution in [1.29, 1.82) is 0 Å². The lowest BCUT2D eigenvalue weighted by Crippen LogP contribution is -2.35. The molecule has 0 unspecified atom stereocenters. The zero-order chi connectivity index (χ0) is 32.7. The highest BCUT2D eigenvalue weighted by Gasteiger charge is 1.98. The molecule has 0 rings (SSSR count). The third kappa shape index (κ3) is 38.5. The molecule has 0 spiro atoms. The van der Waals surface area contributed by atoms with Crippen LogP contribution in [0, 0.1) is 0 Å². The van der Waals surface area contributed by atoms with Crippen LogP contribution in [0.2, 0.25) is 0 Å². The van der Waals surface area contributed by atoms with Crippen LogP contribution in [-0.2, 0) is 9.59 Å². The van der Waals surface area contributed by atoms with Crippen LogP contribution in [0.1, 0.15) is 219 Å². The fourth-order valence-electron chi connectivity index (χ4n) is 5.98. The summed E-state index contributed by atoms with van der Waals surface area (Å²) in [5, 5.41) is 5.47. The Bertz CT molecular complexity index is 616. The van der Waals surface area contributed by atoms with Crippen molar-refractivity contribution in [2.24, 2.45) is 0 Å². The maximum atomic E-state index is 11.9. The standard InChI is InChI=1S/C41H78N2O2/c1-3-5-7-9-11-13-15-17-19-21-23-25-27-29-31-33-35-37-40(44)42-39-43-41(45)38-36-34-32-30-28-26-24-22-20-18-16-14-12-10-8-6-4-2/h35-38H,3-34,39H2,1-2H3,(H,42,44)(H,43,45). The van der Waals surface area contributed by atoms with Crippen LogP contribution in [0.3, 0.4) is 0 Å². The van der Waals surface area contributed by atoms with Gasteiger partial charge in [0.1, 0.15) is 0 Å². The highest BCUT2D eigenvalue weighted by Crippen LogP contribution is 2.15. The Hall–Kier alpha value is -1.58. The first-order chi connectivity index (χ1) is 22.2. The van der Waals surface area contributed by atoms with E-state index in [0.717, 1.165) is 25.7 Å². The van der Waals surface area contributed by atoms with E-state index in [1.165, 1.54) is 180 Å². The van der Waals surface area contributed by atoms with Gasteiger partial charge in [0.05, 0.1) is 6.67 Å². The summed E-state index contributed by atoms with van der Waals surface area (Å²) in [5.41, 5.74) is 0. The van der Waals surface area contributed by atoms with E-state index in [1.54, 1.807) is 12.2 Å². The number of amides is 2. The number of hydrogen-bond donors (Lipinski definition) is 2. The molecule has 0 aromatic rings. The molecule has 0 fully saturated rings. The smallest absolute Gasteiger partial charge is 0.245 e. The molecule has 0 aromatic heterocycles. The molecule has 0 bridgehead atoms. The molecule has 0 aliphatic heterocycles.